The normalized spacial score (nSPS) is 10.8. The van der Waals surface area contributed by atoms with Gasteiger partial charge in [0.05, 0.1) is 6.54 Å². The number of aromatic nitrogens is 4. The van der Waals surface area contributed by atoms with Crippen molar-refractivity contribution in [1.82, 2.24) is 20.2 Å². The van der Waals surface area contributed by atoms with Crippen molar-refractivity contribution in [2.75, 3.05) is 6.54 Å². The molecule has 0 unspecified atom stereocenters. The maximum absolute atomic E-state index is 12.9. The molecule has 0 fully saturated rings. The number of hydrogen-bond donors (Lipinski definition) is 1. The van der Waals surface area contributed by atoms with Crippen LogP contribution in [0, 0.1) is 5.82 Å². The van der Waals surface area contributed by atoms with Crippen LogP contribution in [0.25, 0.3) is 0 Å². The van der Waals surface area contributed by atoms with Gasteiger partial charge in [-0.1, -0.05) is 33.8 Å². The van der Waals surface area contributed by atoms with Gasteiger partial charge in [-0.3, -0.25) is 0 Å². The van der Waals surface area contributed by atoms with E-state index in [2.05, 4.69) is 31.5 Å². The molecule has 0 amide bonds. The van der Waals surface area contributed by atoms with Gasteiger partial charge in [0.25, 0.3) is 0 Å². The molecular weight excluding hydrogens is 321 g/mol. The summed E-state index contributed by atoms with van der Waals surface area (Å²) in [5, 5.41) is 12.1. The van der Waals surface area contributed by atoms with E-state index >= 15 is 0 Å². The van der Waals surface area contributed by atoms with Crippen LogP contribution < -0.4 is 5.73 Å². The minimum Gasteiger partial charge on any atom is -0.329 e. The number of benzene rings is 1. The zero-order valence-electron chi connectivity index (χ0n) is 9.38. The molecule has 2 N–H and O–H groups in total. The van der Waals surface area contributed by atoms with Crippen molar-refractivity contribution >= 4 is 27.7 Å². The zero-order valence-corrected chi connectivity index (χ0v) is 11.8. The van der Waals surface area contributed by atoms with Crippen molar-refractivity contribution in [1.29, 1.82) is 0 Å². The summed E-state index contributed by atoms with van der Waals surface area (Å²) < 4.78 is 15.3. The Balaban J connectivity index is 2.04. The van der Waals surface area contributed by atoms with Gasteiger partial charge in [-0.2, -0.15) is 0 Å². The predicted octanol–water partition coefficient (Wildman–Crippen LogP) is 1.83. The Labute approximate surface area is 116 Å². The molecule has 0 spiro atoms. The fourth-order valence-electron chi connectivity index (χ4n) is 1.34. The summed E-state index contributed by atoms with van der Waals surface area (Å²) in [7, 11) is 0. The van der Waals surface area contributed by atoms with Crippen LogP contribution in [0.4, 0.5) is 4.39 Å². The van der Waals surface area contributed by atoms with Crippen molar-refractivity contribution in [3.05, 3.63) is 34.1 Å². The lowest BCUT2D eigenvalue weighted by Gasteiger charge is -2.04. The molecule has 5 nitrogen and oxygen atoms in total. The highest BCUT2D eigenvalue weighted by molar-refractivity contribution is 9.10. The third kappa shape index (κ3) is 3.27. The van der Waals surface area contributed by atoms with E-state index in [0.29, 0.717) is 24.0 Å². The smallest absolute Gasteiger partial charge is 0.209 e. The molecule has 1 heterocycles. The average molecular weight is 332 g/mol. The van der Waals surface area contributed by atoms with E-state index in [1.807, 2.05) is 0 Å². The van der Waals surface area contributed by atoms with E-state index in [1.165, 1.54) is 23.9 Å². The molecule has 1 aromatic carbocycles. The van der Waals surface area contributed by atoms with E-state index in [4.69, 9.17) is 5.73 Å². The van der Waals surface area contributed by atoms with Crippen LogP contribution in [0.5, 0.6) is 0 Å². The lowest BCUT2D eigenvalue weighted by atomic mass is 10.2. The van der Waals surface area contributed by atoms with E-state index in [-0.39, 0.29) is 5.82 Å². The van der Waals surface area contributed by atoms with Gasteiger partial charge in [-0.15, -0.1) is 5.10 Å². The molecule has 8 heteroatoms. The maximum atomic E-state index is 12.9. The molecule has 0 radical (unpaired) electrons. The van der Waals surface area contributed by atoms with Crippen LogP contribution in [-0.4, -0.2) is 26.8 Å². The summed E-state index contributed by atoms with van der Waals surface area (Å²) in [6, 6.07) is 4.62. The van der Waals surface area contributed by atoms with Gasteiger partial charge in [0.15, 0.2) is 0 Å². The number of halogens is 2. The Morgan fingerprint density at radius 3 is 3.00 bits per heavy atom. The van der Waals surface area contributed by atoms with E-state index < -0.39 is 0 Å². The summed E-state index contributed by atoms with van der Waals surface area (Å²) in [6.07, 6.45) is 0. The van der Waals surface area contributed by atoms with Gasteiger partial charge in [-0.25, -0.2) is 9.07 Å². The summed E-state index contributed by atoms with van der Waals surface area (Å²) in [5.74, 6) is 0.398. The van der Waals surface area contributed by atoms with Crippen molar-refractivity contribution in [2.45, 2.75) is 17.5 Å². The van der Waals surface area contributed by atoms with E-state index in [0.717, 1.165) is 10.0 Å². The third-order valence-corrected chi connectivity index (χ3v) is 3.96. The molecular formula is C10H11BrFN5S. The highest BCUT2D eigenvalue weighted by atomic mass is 79.9. The molecule has 0 aliphatic heterocycles. The lowest BCUT2D eigenvalue weighted by molar-refractivity contribution is 0.557. The zero-order chi connectivity index (χ0) is 13.0. The van der Waals surface area contributed by atoms with E-state index in [9.17, 15) is 4.39 Å². The largest absolute Gasteiger partial charge is 0.329 e. The number of nitrogens with zero attached hydrogens (tertiary/aromatic N) is 4. The van der Waals surface area contributed by atoms with Crippen molar-refractivity contribution in [3.8, 4) is 0 Å². The molecule has 2 aromatic rings. The first-order chi connectivity index (χ1) is 8.70. The van der Waals surface area contributed by atoms with E-state index in [1.54, 1.807) is 10.7 Å². The first-order valence-electron chi connectivity index (χ1n) is 5.23. The summed E-state index contributed by atoms with van der Waals surface area (Å²) in [6.45, 7) is 1.07. The summed E-state index contributed by atoms with van der Waals surface area (Å²) >= 11 is 4.81. The van der Waals surface area contributed by atoms with Crippen LogP contribution >= 0.6 is 27.7 Å². The highest BCUT2D eigenvalue weighted by Gasteiger charge is 2.08. The lowest BCUT2D eigenvalue weighted by Crippen LogP contribution is -2.12. The van der Waals surface area contributed by atoms with Gasteiger partial charge in [0, 0.05) is 16.8 Å². The molecule has 0 aliphatic rings. The number of nitrogens with two attached hydrogens (primary N) is 1. The summed E-state index contributed by atoms with van der Waals surface area (Å²) in [4.78, 5) is 0. The maximum Gasteiger partial charge on any atom is 0.209 e. The number of tetrazole rings is 1. The van der Waals surface area contributed by atoms with Crippen LogP contribution in [-0.2, 0) is 12.3 Å². The van der Waals surface area contributed by atoms with Gasteiger partial charge in [0.1, 0.15) is 5.82 Å². The van der Waals surface area contributed by atoms with Crippen LogP contribution in [0.15, 0.2) is 27.8 Å². The molecule has 96 valence electrons. The minimum absolute atomic E-state index is 0.261. The van der Waals surface area contributed by atoms with Gasteiger partial charge in [-0.05, 0) is 28.1 Å². The first-order valence-corrected chi connectivity index (χ1v) is 7.01. The minimum atomic E-state index is -0.261. The Morgan fingerprint density at radius 2 is 2.28 bits per heavy atom. The molecule has 0 atom stereocenters. The molecule has 18 heavy (non-hydrogen) atoms. The molecule has 2 rings (SSSR count). The van der Waals surface area contributed by atoms with Crippen LogP contribution in [0.2, 0.25) is 0 Å². The average Bonchev–Trinajstić information content (AvgIpc) is 2.76. The SMILES string of the molecule is NCCn1nnnc1SCc1ccc(F)cc1Br. The second-order valence-electron chi connectivity index (χ2n) is 3.50. The number of thioether (sulfide) groups is 1. The second kappa shape index (κ2) is 6.26. The topological polar surface area (TPSA) is 69.6 Å². The predicted molar refractivity (Wildman–Crippen MR) is 70.5 cm³/mol. The molecule has 0 saturated heterocycles. The third-order valence-electron chi connectivity index (χ3n) is 2.21. The fraction of sp³-hybridized carbons (Fsp3) is 0.300. The highest BCUT2D eigenvalue weighted by Crippen LogP contribution is 2.25. The Kier molecular flexibility index (Phi) is 4.67. The molecule has 0 bridgehead atoms. The molecule has 0 saturated carbocycles. The number of rotatable bonds is 5. The van der Waals surface area contributed by atoms with Gasteiger partial charge >= 0.3 is 0 Å². The fourth-order valence-corrected chi connectivity index (χ4v) is 2.93. The quantitative estimate of drug-likeness (QED) is 0.846. The van der Waals surface area contributed by atoms with Crippen LogP contribution in [0.3, 0.4) is 0 Å². The Hall–Kier alpha value is -0.990. The van der Waals surface area contributed by atoms with Crippen LogP contribution in [0.1, 0.15) is 5.56 Å². The van der Waals surface area contributed by atoms with Crippen molar-refractivity contribution in [3.63, 3.8) is 0 Å². The standard InChI is InChI=1S/C10H11BrFN5S/c11-9-5-8(12)2-1-7(9)6-18-10-14-15-16-17(10)4-3-13/h1-2,5H,3-4,6,13H2. The number of hydrogen-bond acceptors (Lipinski definition) is 5. The first kappa shape index (κ1) is 13.4. The molecule has 1 aromatic heterocycles. The van der Waals surface area contributed by atoms with Crippen molar-refractivity contribution < 1.29 is 4.39 Å². The van der Waals surface area contributed by atoms with Crippen molar-refractivity contribution in [2.24, 2.45) is 5.73 Å². The van der Waals surface area contributed by atoms with Gasteiger partial charge in [0.2, 0.25) is 5.16 Å². The van der Waals surface area contributed by atoms with Gasteiger partial charge < -0.3 is 5.73 Å². The molecule has 0 aliphatic carbocycles. The summed E-state index contributed by atoms with van der Waals surface area (Å²) in [5.41, 5.74) is 6.45. The Bertz CT molecular complexity index is 533. The Morgan fingerprint density at radius 1 is 1.44 bits per heavy atom. The second-order valence-corrected chi connectivity index (χ2v) is 5.29. The monoisotopic (exact) mass is 331 g/mol.